The lowest BCUT2D eigenvalue weighted by Crippen LogP contribution is -1.98. The SMILES string of the molecule is CCCCCc1ccc(-c2ncc(CCCCC)c(C)n2)cc1. The van der Waals surface area contributed by atoms with E-state index in [0.29, 0.717) is 0 Å². The van der Waals surface area contributed by atoms with Gasteiger partial charge in [-0.05, 0) is 43.7 Å². The molecule has 124 valence electrons. The molecule has 0 amide bonds. The monoisotopic (exact) mass is 310 g/mol. The Kier molecular flexibility index (Phi) is 7.25. The van der Waals surface area contributed by atoms with E-state index in [1.807, 2.05) is 6.20 Å². The van der Waals surface area contributed by atoms with Crippen molar-refractivity contribution >= 4 is 0 Å². The molecule has 2 rings (SSSR count). The van der Waals surface area contributed by atoms with E-state index in [0.717, 1.165) is 23.5 Å². The molecule has 0 aliphatic carbocycles. The summed E-state index contributed by atoms with van der Waals surface area (Å²) in [4.78, 5) is 9.30. The minimum atomic E-state index is 0.849. The zero-order chi connectivity index (χ0) is 16.5. The fourth-order valence-corrected chi connectivity index (χ4v) is 2.84. The Bertz CT molecular complexity index is 587. The van der Waals surface area contributed by atoms with E-state index in [1.54, 1.807) is 0 Å². The smallest absolute Gasteiger partial charge is 0.159 e. The van der Waals surface area contributed by atoms with Crippen LogP contribution in [0.15, 0.2) is 30.5 Å². The van der Waals surface area contributed by atoms with Crippen LogP contribution in [0.3, 0.4) is 0 Å². The number of aryl methyl sites for hydroxylation is 3. The predicted octanol–water partition coefficient (Wildman–Crippen LogP) is 5.92. The average Bonchev–Trinajstić information content (AvgIpc) is 2.57. The molecular weight excluding hydrogens is 280 g/mol. The molecular formula is C21H30N2. The van der Waals surface area contributed by atoms with Crippen LogP contribution in [0.5, 0.6) is 0 Å². The molecule has 0 fully saturated rings. The number of hydrogen-bond donors (Lipinski definition) is 0. The van der Waals surface area contributed by atoms with Crippen molar-refractivity contribution < 1.29 is 0 Å². The van der Waals surface area contributed by atoms with Crippen LogP contribution < -0.4 is 0 Å². The Morgan fingerprint density at radius 1 is 0.826 bits per heavy atom. The van der Waals surface area contributed by atoms with E-state index in [-0.39, 0.29) is 0 Å². The van der Waals surface area contributed by atoms with Crippen LogP contribution in [-0.4, -0.2) is 9.97 Å². The molecule has 0 atom stereocenters. The van der Waals surface area contributed by atoms with E-state index in [1.165, 1.54) is 56.1 Å². The summed E-state index contributed by atoms with van der Waals surface area (Å²) in [6.45, 7) is 6.58. The van der Waals surface area contributed by atoms with Crippen molar-refractivity contribution in [3.63, 3.8) is 0 Å². The maximum absolute atomic E-state index is 4.72. The first-order chi connectivity index (χ1) is 11.2. The number of aromatic nitrogens is 2. The van der Waals surface area contributed by atoms with Crippen molar-refractivity contribution in [3.8, 4) is 11.4 Å². The third kappa shape index (κ3) is 5.46. The van der Waals surface area contributed by atoms with Crippen molar-refractivity contribution in [2.75, 3.05) is 0 Å². The highest BCUT2D eigenvalue weighted by atomic mass is 14.9. The highest BCUT2D eigenvalue weighted by Gasteiger charge is 2.06. The van der Waals surface area contributed by atoms with Crippen molar-refractivity contribution in [2.45, 2.75) is 72.1 Å². The fraction of sp³-hybridized carbons (Fsp3) is 0.524. The molecule has 0 spiro atoms. The minimum absolute atomic E-state index is 0.849. The van der Waals surface area contributed by atoms with Gasteiger partial charge in [0.15, 0.2) is 5.82 Å². The van der Waals surface area contributed by atoms with Gasteiger partial charge in [-0.15, -0.1) is 0 Å². The van der Waals surface area contributed by atoms with E-state index < -0.39 is 0 Å². The Labute approximate surface area is 141 Å². The van der Waals surface area contributed by atoms with Crippen LogP contribution in [0.1, 0.15) is 69.2 Å². The quantitative estimate of drug-likeness (QED) is 0.537. The van der Waals surface area contributed by atoms with Gasteiger partial charge < -0.3 is 0 Å². The summed E-state index contributed by atoms with van der Waals surface area (Å²) in [5.41, 5.74) is 4.94. The third-order valence-electron chi connectivity index (χ3n) is 4.41. The standard InChI is InChI=1S/C21H30N2/c1-4-6-8-10-18-12-14-19(15-13-18)21-22-16-20(17(3)23-21)11-9-7-5-2/h12-16H,4-11H2,1-3H3. The predicted molar refractivity (Wildman–Crippen MR) is 98.7 cm³/mol. The summed E-state index contributed by atoms with van der Waals surface area (Å²) in [5.74, 6) is 0.849. The Morgan fingerprint density at radius 2 is 1.48 bits per heavy atom. The molecule has 2 nitrogen and oxygen atoms in total. The summed E-state index contributed by atoms with van der Waals surface area (Å²) in [7, 11) is 0. The highest BCUT2D eigenvalue weighted by molar-refractivity contribution is 5.55. The zero-order valence-corrected chi connectivity index (χ0v) is 14.9. The van der Waals surface area contributed by atoms with Gasteiger partial charge in [0.05, 0.1) is 0 Å². The van der Waals surface area contributed by atoms with Crippen LogP contribution in [-0.2, 0) is 12.8 Å². The topological polar surface area (TPSA) is 25.8 Å². The van der Waals surface area contributed by atoms with E-state index in [2.05, 4.69) is 50.0 Å². The van der Waals surface area contributed by atoms with Gasteiger partial charge in [-0.2, -0.15) is 0 Å². The first-order valence-electron chi connectivity index (χ1n) is 9.16. The molecule has 1 aromatic carbocycles. The minimum Gasteiger partial charge on any atom is -0.236 e. The number of rotatable bonds is 9. The van der Waals surface area contributed by atoms with Gasteiger partial charge in [-0.1, -0.05) is 63.8 Å². The van der Waals surface area contributed by atoms with Crippen LogP contribution in [0.25, 0.3) is 11.4 Å². The first kappa shape index (κ1) is 17.7. The van der Waals surface area contributed by atoms with Gasteiger partial charge in [0.2, 0.25) is 0 Å². The lowest BCUT2D eigenvalue weighted by molar-refractivity contribution is 0.711. The van der Waals surface area contributed by atoms with Crippen molar-refractivity contribution in [1.29, 1.82) is 0 Å². The molecule has 2 heteroatoms. The second kappa shape index (κ2) is 9.44. The molecule has 23 heavy (non-hydrogen) atoms. The molecule has 1 aromatic heterocycles. The molecule has 0 aliphatic heterocycles. The Balaban J connectivity index is 2.02. The largest absolute Gasteiger partial charge is 0.236 e. The highest BCUT2D eigenvalue weighted by Crippen LogP contribution is 2.19. The van der Waals surface area contributed by atoms with Gasteiger partial charge in [0.1, 0.15) is 0 Å². The number of unbranched alkanes of at least 4 members (excludes halogenated alkanes) is 4. The second-order valence-electron chi connectivity index (χ2n) is 6.42. The van der Waals surface area contributed by atoms with Crippen LogP contribution in [0.2, 0.25) is 0 Å². The molecule has 0 unspecified atom stereocenters. The van der Waals surface area contributed by atoms with Crippen LogP contribution in [0, 0.1) is 6.92 Å². The van der Waals surface area contributed by atoms with Gasteiger partial charge in [-0.3, -0.25) is 0 Å². The van der Waals surface area contributed by atoms with Crippen LogP contribution in [0.4, 0.5) is 0 Å². The summed E-state index contributed by atoms with van der Waals surface area (Å²) < 4.78 is 0. The summed E-state index contributed by atoms with van der Waals surface area (Å²) >= 11 is 0. The average molecular weight is 310 g/mol. The van der Waals surface area contributed by atoms with Crippen molar-refractivity contribution in [2.24, 2.45) is 0 Å². The first-order valence-corrected chi connectivity index (χ1v) is 9.16. The summed E-state index contributed by atoms with van der Waals surface area (Å²) in [5, 5.41) is 0. The van der Waals surface area contributed by atoms with Crippen LogP contribution >= 0.6 is 0 Å². The zero-order valence-electron chi connectivity index (χ0n) is 14.9. The van der Waals surface area contributed by atoms with Gasteiger partial charge in [-0.25, -0.2) is 9.97 Å². The molecule has 1 heterocycles. The molecule has 0 N–H and O–H groups in total. The maximum atomic E-state index is 4.72. The van der Waals surface area contributed by atoms with Gasteiger partial charge in [0.25, 0.3) is 0 Å². The van der Waals surface area contributed by atoms with Gasteiger partial charge >= 0.3 is 0 Å². The van der Waals surface area contributed by atoms with E-state index in [4.69, 9.17) is 4.98 Å². The fourth-order valence-electron chi connectivity index (χ4n) is 2.84. The van der Waals surface area contributed by atoms with E-state index >= 15 is 0 Å². The Morgan fingerprint density at radius 3 is 2.09 bits per heavy atom. The second-order valence-corrected chi connectivity index (χ2v) is 6.42. The third-order valence-corrected chi connectivity index (χ3v) is 4.41. The van der Waals surface area contributed by atoms with Gasteiger partial charge in [0, 0.05) is 17.5 Å². The summed E-state index contributed by atoms with van der Waals surface area (Å²) in [6.07, 6.45) is 11.9. The van der Waals surface area contributed by atoms with Crippen molar-refractivity contribution in [3.05, 3.63) is 47.3 Å². The normalized spacial score (nSPS) is 10.9. The number of nitrogens with zero attached hydrogens (tertiary/aromatic N) is 2. The molecule has 0 saturated heterocycles. The van der Waals surface area contributed by atoms with E-state index in [9.17, 15) is 0 Å². The lowest BCUT2D eigenvalue weighted by Gasteiger charge is -2.08. The molecule has 0 aliphatic rings. The lowest BCUT2D eigenvalue weighted by atomic mass is 10.0. The van der Waals surface area contributed by atoms with Crippen molar-refractivity contribution in [1.82, 2.24) is 9.97 Å². The molecule has 0 saturated carbocycles. The summed E-state index contributed by atoms with van der Waals surface area (Å²) in [6, 6.07) is 8.76. The molecule has 0 radical (unpaired) electrons. The number of hydrogen-bond acceptors (Lipinski definition) is 2. The molecule has 2 aromatic rings. The maximum Gasteiger partial charge on any atom is 0.159 e. The number of benzene rings is 1. The molecule has 0 bridgehead atoms. The Hall–Kier alpha value is -1.70.